The highest BCUT2D eigenvalue weighted by Gasteiger charge is 2.32. The molecule has 154 valence electrons. The van der Waals surface area contributed by atoms with E-state index >= 15 is 0 Å². The molecule has 3 heterocycles. The number of nitrogens with zero attached hydrogens (tertiary/aromatic N) is 4. The first-order valence-corrected chi connectivity index (χ1v) is 9.67. The Kier molecular flexibility index (Phi) is 5.42. The summed E-state index contributed by atoms with van der Waals surface area (Å²) < 4.78 is 7.53. The highest BCUT2D eigenvalue weighted by molar-refractivity contribution is 6.01. The van der Waals surface area contributed by atoms with Gasteiger partial charge in [-0.05, 0) is 37.0 Å². The van der Waals surface area contributed by atoms with Gasteiger partial charge in [0.25, 0.3) is 0 Å². The number of imide groups is 1. The van der Waals surface area contributed by atoms with E-state index in [0.29, 0.717) is 23.2 Å². The number of urea groups is 1. The lowest BCUT2D eigenvalue weighted by molar-refractivity contribution is -0.127. The molecule has 9 nitrogen and oxygen atoms in total. The quantitative estimate of drug-likeness (QED) is 0.672. The number of rotatable bonds is 5. The number of hydrogen-bond acceptors (Lipinski definition) is 6. The van der Waals surface area contributed by atoms with E-state index in [4.69, 9.17) is 4.74 Å². The van der Waals surface area contributed by atoms with Crippen molar-refractivity contribution in [1.82, 2.24) is 25.1 Å². The largest absolute Gasteiger partial charge is 0.456 e. The summed E-state index contributed by atoms with van der Waals surface area (Å²) in [4.78, 5) is 32.4. The lowest BCUT2D eigenvalue weighted by atomic mass is 9.76. The molecule has 2 N–H and O–H groups in total. The van der Waals surface area contributed by atoms with E-state index < -0.39 is 6.03 Å². The Morgan fingerprint density at radius 1 is 1.13 bits per heavy atom. The predicted octanol–water partition coefficient (Wildman–Crippen LogP) is 3.36. The molecule has 1 aliphatic carbocycles. The molecule has 30 heavy (non-hydrogen) atoms. The van der Waals surface area contributed by atoms with E-state index in [1.165, 1.54) is 6.20 Å². The van der Waals surface area contributed by atoms with Crippen molar-refractivity contribution in [3.8, 4) is 22.8 Å². The Morgan fingerprint density at radius 3 is 2.63 bits per heavy atom. The molecule has 1 fully saturated rings. The fourth-order valence-corrected chi connectivity index (χ4v) is 3.31. The van der Waals surface area contributed by atoms with Crippen molar-refractivity contribution in [2.75, 3.05) is 5.32 Å². The van der Waals surface area contributed by atoms with Crippen molar-refractivity contribution < 1.29 is 14.3 Å². The number of ether oxygens (including phenoxy) is 1. The normalized spacial score (nSPS) is 17.7. The van der Waals surface area contributed by atoms with Crippen LogP contribution in [0.3, 0.4) is 0 Å². The van der Waals surface area contributed by atoms with Crippen molar-refractivity contribution in [3.63, 3.8) is 0 Å². The summed E-state index contributed by atoms with van der Waals surface area (Å²) in [7, 11) is 1.84. The van der Waals surface area contributed by atoms with Gasteiger partial charge in [0.05, 0.1) is 18.1 Å². The minimum atomic E-state index is -0.587. The molecule has 0 saturated heterocycles. The zero-order valence-corrected chi connectivity index (χ0v) is 16.7. The molecule has 0 aliphatic heterocycles. The van der Waals surface area contributed by atoms with E-state index in [1.54, 1.807) is 35.3 Å². The maximum atomic E-state index is 12.0. The Morgan fingerprint density at radius 2 is 1.97 bits per heavy atom. The summed E-state index contributed by atoms with van der Waals surface area (Å²) in [6.07, 6.45) is 8.40. The van der Waals surface area contributed by atoms with E-state index in [0.717, 1.165) is 24.1 Å². The van der Waals surface area contributed by atoms with Gasteiger partial charge in [-0.3, -0.25) is 25.1 Å². The van der Waals surface area contributed by atoms with Crippen LogP contribution in [-0.4, -0.2) is 31.7 Å². The number of pyridine rings is 2. The van der Waals surface area contributed by atoms with Crippen molar-refractivity contribution in [1.29, 1.82) is 0 Å². The molecule has 4 rings (SSSR count). The molecule has 0 atom stereocenters. The van der Waals surface area contributed by atoms with Crippen LogP contribution < -0.4 is 15.4 Å². The Bertz CT molecular complexity index is 1060. The average Bonchev–Trinajstić information content (AvgIpc) is 3.13. The molecular weight excluding hydrogens is 384 g/mol. The first-order valence-electron chi connectivity index (χ1n) is 9.67. The molecule has 1 aliphatic rings. The highest BCUT2D eigenvalue weighted by Crippen LogP contribution is 2.33. The summed E-state index contributed by atoms with van der Waals surface area (Å²) in [6.45, 7) is 2.09. The van der Waals surface area contributed by atoms with Crippen molar-refractivity contribution in [2.45, 2.75) is 19.8 Å². The number of nitrogens with one attached hydrogen (secondary N) is 2. The Balaban J connectivity index is 1.33. The number of carbonyl (C=O) groups is 2. The fraction of sp³-hybridized carbons (Fsp3) is 0.286. The molecule has 3 amide bonds. The summed E-state index contributed by atoms with van der Waals surface area (Å²) >= 11 is 0. The van der Waals surface area contributed by atoms with Gasteiger partial charge in [0, 0.05) is 37.0 Å². The molecule has 3 aromatic rings. The van der Waals surface area contributed by atoms with Gasteiger partial charge in [-0.15, -0.1) is 0 Å². The van der Waals surface area contributed by atoms with Crippen LogP contribution in [0.4, 0.5) is 10.6 Å². The molecular formula is C21H22N6O3. The van der Waals surface area contributed by atoms with Gasteiger partial charge in [-0.2, -0.15) is 5.10 Å². The van der Waals surface area contributed by atoms with Gasteiger partial charge in [-0.1, -0.05) is 6.92 Å². The summed E-state index contributed by atoms with van der Waals surface area (Å²) in [6, 6.07) is 6.25. The van der Waals surface area contributed by atoms with Crippen LogP contribution in [0, 0.1) is 11.8 Å². The van der Waals surface area contributed by atoms with Gasteiger partial charge < -0.3 is 4.74 Å². The van der Waals surface area contributed by atoms with E-state index in [2.05, 4.69) is 32.6 Å². The van der Waals surface area contributed by atoms with Gasteiger partial charge in [-0.25, -0.2) is 9.78 Å². The van der Waals surface area contributed by atoms with Crippen LogP contribution in [0.15, 0.2) is 49.1 Å². The van der Waals surface area contributed by atoms with Gasteiger partial charge in [0.15, 0.2) is 0 Å². The third-order valence-corrected chi connectivity index (χ3v) is 4.93. The third-order valence-electron chi connectivity index (χ3n) is 4.93. The van der Waals surface area contributed by atoms with Crippen molar-refractivity contribution in [2.24, 2.45) is 18.9 Å². The maximum absolute atomic E-state index is 12.0. The smallest absolute Gasteiger partial charge is 0.327 e. The molecule has 1 saturated carbocycles. The maximum Gasteiger partial charge on any atom is 0.327 e. The third kappa shape index (κ3) is 4.62. The summed E-state index contributed by atoms with van der Waals surface area (Å²) in [5.41, 5.74) is 1.63. The SMILES string of the molecule is CC1CC(C(=O)NC(=O)Nc2ccc(Oc3ccnc(-c4cnn(C)c4)c3)cn2)C1. The second-order valence-electron chi connectivity index (χ2n) is 7.48. The molecule has 3 aromatic heterocycles. The van der Waals surface area contributed by atoms with Crippen LogP contribution in [0.1, 0.15) is 19.8 Å². The number of carbonyl (C=O) groups excluding carboxylic acids is 2. The van der Waals surface area contributed by atoms with E-state index in [-0.39, 0.29) is 11.8 Å². The highest BCUT2D eigenvalue weighted by atomic mass is 16.5. The summed E-state index contributed by atoms with van der Waals surface area (Å²) in [5.74, 6) is 1.64. The zero-order chi connectivity index (χ0) is 21.1. The van der Waals surface area contributed by atoms with Crippen LogP contribution in [0.2, 0.25) is 0 Å². The first-order chi connectivity index (χ1) is 14.5. The number of aromatic nitrogens is 4. The number of amides is 3. The molecule has 0 bridgehead atoms. The Hall–Kier alpha value is -3.75. The lowest BCUT2D eigenvalue weighted by Gasteiger charge is -2.30. The number of anilines is 1. The van der Waals surface area contributed by atoms with Gasteiger partial charge in [0.1, 0.15) is 17.3 Å². The molecule has 0 unspecified atom stereocenters. The van der Waals surface area contributed by atoms with E-state index in [9.17, 15) is 9.59 Å². The van der Waals surface area contributed by atoms with Gasteiger partial charge >= 0.3 is 6.03 Å². The molecule has 9 heteroatoms. The second-order valence-corrected chi connectivity index (χ2v) is 7.48. The van der Waals surface area contributed by atoms with Crippen LogP contribution in [-0.2, 0) is 11.8 Å². The molecule has 0 radical (unpaired) electrons. The average molecular weight is 406 g/mol. The minimum absolute atomic E-state index is 0.0774. The standard InChI is InChI=1S/C21H22N6O3/c1-13-7-14(8-13)20(28)26-21(29)25-19-4-3-17(11-23-19)30-16-5-6-22-18(9-16)15-10-24-27(2)12-15/h3-6,9-14H,7-8H2,1-2H3,(H2,23,25,26,28,29). The topological polar surface area (TPSA) is 111 Å². The lowest BCUT2D eigenvalue weighted by Crippen LogP contribution is -2.42. The predicted molar refractivity (Wildman–Crippen MR) is 110 cm³/mol. The number of aryl methyl sites for hydroxylation is 1. The second kappa shape index (κ2) is 8.32. The molecule has 0 aromatic carbocycles. The van der Waals surface area contributed by atoms with Crippen molar-refractivity contribution >= 4 is 17.8 Å². The minimum Gasteiger partial charge on any atom is -0.456 e. The van der Waals surface area contributed by atoms with E-state index in [1.807, 2.05) is 19.3 Å². The van der Waals surface area contributed by atoms with Crippen LogP contribution >= 0.6 is 0 Å². The Labute approximate surface area is 173 Å². The van der Waals surface area contributed by atoms with Crippen LogP contribution in [0.25, 0.3) is 11.3 Å². The van der Waals surface area contributed by atoms with Crippen molar-refractivity contribution in [3.05, 3.63) is 49.1 Å². The molecule has 0 spiro atoms. The zero-order valence-electron chi connectivity index (χ0n) is 16.7. The number of hydrogen-bond donors (Lipinski definition) is 2. The van der Waals surface area contributed by atoms with Gasteiger partial charge in [0.2, 0.25) is 5.91 Å². The van der Waals surface area contributed by atoms with Crippen LogP contribution in [0.5, 0.6) is 11.5 Å². The monoisotopic (exact) mass is 406 g/mol. The fourth-order valence-electron chi connectivity index (χ4n) is 3.31. The summed E-state index contributed by atoms with van der Waals surface area (Å²) in [5, 5.41) is 9.05. The first kappa shape index (κ1) is 19.6.